The third-order valence-corrected chi connectivity index (χ3v) is 3.94. The van der Waals surface area contributed by atoms with E-state index in [1.54, 1.807) is 0 Å². The number of hydrogen-bond acceptors (Lipinski definition) is 2. The molecule has 1 unspecified atom stereocenters. The molecule has 1 aliphatic carbocycles. The first kappa shape index (κ1) is 14.1. The van der Waals surface area contributed by atoms with E-state index >= 15 is 0 Å². The molecule has 3 heteroatoms. The first-order chi connectivity index (χ1) is 8.69. The van der Waals surface area contributed by atoms with Crippen molar-refractivity contribution in [3.05, 3.63) is 59.7 Å². The van der Waals surface area contributed by atoms with Gasteiger partial charge in [0.05, 0.1) is 0 Å². The van der Waals surface area contributed by atoms with Gasteiger partial charge in [0.2, 0.25) is 0 Å². The van der Waals surface area contributed by atoms with E-state index < -0.39 is 5.60 Å². The van der Waals surface area contributed by atoms with E-state index in [1.165, 1.54) is 0 Å². The molecule has 0 amide bonds. The monoisotopic (exact) mass is 275 g/mol. The molecule has 0 spiro atoms. The maximum atomic E-state index is 11.1. The van der Waals surface area contributed by atoms with Crippen molar-refractivity contribution in [1.82, 2.24) is 0 Å². The van der Waals surface area contributed by atoms with E-state index in [0.717, 1.165) is 28.7 Å². The fourth-order valence-corrected chi connectivity index (χ4v) is 2.94. The highest BCUT2D eigenvalue weighted by Crippen LogP contribution is 2.48. The van der Waals surface area contributed by atoms with Crippen LogP contribution in [0, 0.1) is 0 Å². The topological polar surface area (TPSA) is 46.2 Å². The van der Waals surface area contributed by atoms with Gasteiger partial charge in [0.25, 0.3) is 0 Å². The number of rotatable bonds is 2. The molecule has 0 saturated carbocycles. The normalized spacial score (nSPS) is 16.2. The van der Waals surface area contributed by atoms with Crippen LogP contribution in [0.1, 0.15) is 24.5 Å². The standard InChI is InChI=1S/C16H17NO.ClH/c1-2-15(17)16(18)13-9-5-3-7-11(13)12-8-4-6-10-14(12)16;/h3-10,15,18H,2,17H2,1H3;1H. The molecule has 2 aromatic rings. The predicted molar refractivity (Wildman–Crippen MR) is 80.4 cm³/mol. The van der Waals surface area contributed by atoms with Crippen molar-refractivity contribution in [2.75, 3.05) is 0 Å². The Morgan fingerprint density at radius 2 is 1.42 bits per heavy atom. The lowest BCUT2D eigenvalue weighted by Gasteiger charge is -2.31. The molecule has 2 nitrogen and oxygen atoms in total. The highest BCUT2D eigenvalue weighted by atomic mass is 35.5. The smallest absolute Gasteiger partial charge is 0.131 e. The molecule has 19 heavy (non-hydrogen) atoms. The van der Waals surface area contributed by atoms with Crippen molar-refractivity contribution in [2.45, 2.75) is 25.0 Å². The number of aliphatic hydroxyl groups is 1. The zero-order valence-electron chi connectivity index (χ0n) is 10.8. The Kier molecular flexibility index (Phi) is 3.68. The van der Waals surface area contributed by atoms with Crippen LogP contribution in [0.15, 0.2) is 48.5 Å². The van der Waals surface area contributed by atoms with Crippen molar-refractivity contribution in [2.24, 2.45) is 5.73 Å². The summed E-state index contributed by atoms with van der Waals surface area (Å²) in [6, 6.07) is 15.7. The first-order valence-corrected chi connectivity index (χ1v) is 6.37. The summed E-state index contributed by atoms with van der Waals surface area (Å²) in [5, 5.41) is 11.1. The van der Waals surface area contributed by atoms with Gasteiger partial charge in [0, 0.05) is 6.04 Å². The molecule has 0 saturated heterocycles. The van der Waals surface area contributed by atoms with Crippen LogP contribution in [0.5, 0.6) is 0 Å². The lowest BCUT2D eigenvalue weighted by Crippen LogP contribution is -2.44. The average Bonchev–Trinajstić information content (AvgIpc) is 2.70. The quantitative estimate of drug-likeness (QED) is 0.885. The molecule has 0 aromatic heterocycles. The van der Waals surface area contributed by atoms with E-state index in [1.807, 2.05) is 43.3 Å². The largest absolute Gasteiger partial charge is 0.379 e. The van der Waals surface area contributed by atoms with Gasteiger partial charge in [-0.3, -0.25) is 0 Å². The predicted octanol–water partition coefficient (Wildman–Crippen LogP) is 3.06. The second-order valence-corrected chi connectivity index (χ2v) is 4.87. The molecule has 0 bridgehead atoms. The minimum atomic E-state index is -1.05. The molecule has 3 N–H and O–H groups in total. The van der Waals surface area contributed by atoms with Crippen molar-refractivity contribution in [3.63, 3.8) is 0 Å². The molecule has 1 aliphatic rings. The fraction of sp³-hybridized carbons (Fsp3) is 0.250. The van der Waals surface area contributed by atoms with Crippen LogP contribution in [0.25, 0.3) is 11.1 Å². The summed E-state index contributed by atoms with van der Waals surface area (Å²) >= 11 is 0. The van der Waals surface area contributed by atoms with Crippen LogP contribution in [-0.2, 0) is 5.60 Å². The second-order valence-electron chi connectivity index (χ2n) is 4.87. The summed E-state index contributed by atoms with van der Waals surface area (Å²) in [5.74, 6) is 0. The van der Waals surface area contributed by atoms with E-state index in [9.17, 15) is 5.11 Å². The lowest BCUT2D eigenvalue weighted by atomic mass is 9.83. The minimum Gasteiger partial charge on any atom is -0.379 e. The van der Waals surface area contributed by atoms with Crippen LogP contribution < -0.4 is 5.73 Å². The summed E-state index contributed by atoms with van der Waals surface area (Å²) in [4.78, 5) is 0. The average molecular weight is 276 g/mol. The molecule has 100 valence electrons. The first-order valence-electron chi connectivity index (χ1n) is 6.37. The van der Waals surface area contributed by atoms with Crippen molar-refractivity contribution in [3.8, 4) is 11.1 Å². The van der Waals surface area contributed by atoms with Gasteiger partial charge >= 0.3 is 0 Å². The third kappa shape index (κ3) is 1.79. The van der Waals surface area contributed by atoms with Crippen LogP contribution in [0.2, 0.25) is 0 Å². The van der Waals surface area contributed by atoms with E-state index in [-0.39, 0.29) is 18.4 Å². The lowest BCUT2D eigenvalue weighted by molar-refractivity contribution is 0.0549. The molecule has 0 radical (unpaired) electrons. The summed E-state index contributed by atoms with van der Waals surface area (Å²) in [6.07, 6.45) is 0.735. The fourth-order valence-electron chi connectivity index (χ4n) is 2.94. The van der Waals surface area contributed by atoms with E-state index in [0.29, 0.717) is 0 Å². The molecule has 3 rings (SSSR count). The Labute approximate surface area is 119 Å². The van der Waals surface area contributed by atoms with Crippen molar-refractivity contribution in [1.29, 1.82) is 0 Å². The van der Waals surface area contributed by atoms with Crippen LogP contribution in [0.3, 0.4) is 0 Å². The zero-order valence-corrected chi connectivity index (χ0v) is 11.7. The Morgan fingerprint density at radius 1 is 1.00 bits per heavy atom. The van der Waals surface area contributed by atoms with Crippen molar-refractivity contribution < 1.29 is 5.11 Å². The maximum absolute atomic E-state index is 11.1. The maximum Gasteiger partial charge on any atom is 0.131 e. The molecular weight excluding hydrogens is 258 g/mol. The summed E-state index contributed by atoms with van der Waals surface area (Å²) in [5.41, 5.74) is 9.19. The number of hydrogen-bond donors (Lipinski definition) is 2. The van der Waals surface area contributed by atoms with Crippen LogP contribution in [0.4, 0.5) is 0 Å². The molecule has 0 aliphatic heterocycles. The molecule has 1 atom stereocenters. The number of halogens is 1. The summed E-state index contributed by atoms with van der Waals surface area (Å²) < 4.78 is 0. The summed E-state index contributed by atoms with van der Waals surface area (Å²) in [7, 11) is 0. The molecule has 0 heterocycles. The molecular formula is C16H18ClNO. The summed E-state index contributed by atoms with van der Waals surface area (Å²) in [6.45, 7) is 2.01. The van der Waals surface area contributed by atoms with Crippen LogP contribution in [-0.4, -0.2) is 11.1 Å². The van der Waals surface area contributed by atoms with Gasteiger partial charge in [-0.25, -0.2) is 0 Å². The van der Waals surface area contributed by atoms with Gasteiger partial charge < -0.3 is 10.8 Å². The Hall–Kier alpha value is -1.35. The third-order valence-electron chi connectivity index (χ3n) is 3.94. The minimum absolute atomic E-state index is 0. The van der Waals surface area contributed by atoms with Crippen molar-refractivity contribution >= 4 is 12.4 Å². The molecule has 0 fully saturated rings. The second kappa shape index (κ2) is 4.97. The molecule has 2 aromatic carbocycles. The number of benzene rings is 2. The Balaban J connectivity index is 0.00000133. The Bertz CT molecular complexity index is 551. The van der Waals surface area contributed by atoms with E-state index in [2.05, 4.69) is 12.1 Å². The van der Waals surface area contributed by atoms with E-state index in [4.69, 9.17) is 5.73 Å². The number of fused-ring (bicyclic) bond motifs is 3. The highest BCUT2D eigenvalue weighted by molar-refractivity contribution is 5.85. The van der Waals surface area contributed by atoms with Gasteiger partial charge in [-0.1, -0.05) is 55.5 Å². The highest BCUT2D eigenvalue weighted by Gasteiger charge is 2.44. The van der Waals surface area contributed by atoms with Gasteiger partial charge in [-0.05, 0) is 28.7 Å². The zero-order chi connectivity index (χ0) is 12.8. The van der Waals surface area contributed by atoms with Crippen LogP contribution >= 0.6 is 12.4 Å². The van der Waals surface area contributed by atoms with Gasteiger partial charge in [0.15, 0.2) is 0 Å². The van der Waals surface area contributed by atoms with Gasteiger partial charge in [-0.2, -0.15) is 0 Å². The SMILES string of the molecule is CCC(N)C1(O)c2ccccc2-c2ccccc21.Cl. The Morgan fingerprint density at radius 3 is 1.84 bits per heavy atom. The van der Waals surface area contributed by atoms with Gasteiger partial charge in [0.1, 0.15) is 5.60 Å². The number of nitrogens with two attached hydrogens (primary N) is 1. The van der Waals surface area contributed by atoms with Gasteiger partial charge in [-0.15, -0.1) is 12.4 Å².